The monoisotopic (exact) mass is 107 g/mol. The van der Waals surface area contributed by atoms with E-state index in [1.54, 1.807) is 0 Å². The maximum Gasteiger partial charge on any atom is 0 e. The minimum atomic E-state index is 0. The molecule has 0 aromatic rings. The molecule has 0 bridgehead atoms. The zero-order chi connectivity index (χ0) is 2.00. The number of hydrogen-bond acceptors (Lipinski definition) is 3. The Morgan fingerprint density at radius 3 is 1.00 bits per heavy atom. The first-order valence-corrected chi connectivity index (χ1v) is 0.333. The predicted octanol–water partition coefficient (Wildman–Crippen LogP) is -1.02. The largest absolute Gasteiger partial charge is 0.344 e. The third-order valence-corrected chi connectivity index (χ3v) is 0. The number of hydrogen-bond donors (Lipinski definition) is 3. The van der Waals surface area contributed by atoms with Gasteiger partial charge in [0.25, 0.3) is 0 Å². The Balaban J connectivity index is -0.00000000500. The molecule has 0 aliphatic rings. The van der Waals surface area contributed by atoms with Gasteiger partial charge in [0, 0.05) is 16.5 Å². The van der Waals surface area contributed by atoms with Crippen LogP contribution in [0.2, 0.25) is 0 Å². The Morgan fingerprint density at radius 1 is 1.00 bits per heavy atom. The summed E-state index contributed by atoms with van der Waals surface area (Å²) < 4.78 is 0. The molecule has 32 valence electrons. The molecule has 7 N–H and O–H groups in total. The molecule has 3 nitrogen and oxygen atoms in total. The van der Waals surface area contributed by atoms with Crippen LogP contribution in [0.1, 0.15) is 0 Å². The van der Waals surface area contributed by atoms with Crippen LogP contribution in [-0.4, -0.2) is 0 Å². The Kier molecular flexibility index (Phi) is 899. The molecule has 0 spiro atoms. The zero-order valence-electron chi connectivity index (χ0n) is 2.18. The van der Waals surface area contributed by atoms with Gasteiger partial charge in [-0.1, -0.05) is 0 Å². The molecule has 0 rings (SSSR count). The fourth-order valence-corrected chi connectivity index (χ4v) is 0. The molecule has 0 aromatic heterocycles. The molecule has 0 unspecified atom stereocenters. The van der Waals surface area contributed by atoms with Crippen molar-refractivity contribution in [3.05, 3.63) is 0 Å². The molecule has 0 atom stereocenters. The van der Waals surface area contributed by atoms with Gasteiger partial charge in [-0.3, -0.25) is 11.7 Å². The second-order valence-electron chi connectivity index (χ2n) is 0. The Hall–Kier alpha value is 0.374. The summed E-state index contributed by atoms with van der Waals surface area (Å²) in [5.74, 6) is 8.00. The summed E-state index contributed by atoms with van der Waals surface area (Å²) in [5.41, 5.74) is 0. The Labute approximate surface area is 35.2 Å². The number of nitrogens with two attached hydrogens (primary N) is 2. The Bertz CT molecular complexity index is 3.25. The van der Waals surface area contributed by atoms with Crippen molar-refractivity contribution in [2.45, 2.75) is 0 Å². The minimum absolute atomic E-state index is 0. The first-order chi connectivity index (χ1) is 1.00. The van der Waals surface area contributed by atoms with Crippen LogP contribution < -0.4 is 17.8 Å². The summed E-state index contributed by atoms with van der Waals surface area (Å²) in [6, 6.07) is 0. The maximum absolute atomic E-state index is 4.00. The summed E-state index contributed by atoms with van der Waals surface area (Å²) in [5, 5.41) is 0. The SMILES string of the molecule is N.NN.[Ni]. The molecule has 0 aromatic carbocycles. The van der Waals surface area contributed by atoms with E-state index in [0.717, 1.165) is 0 Å². The van der Waals surface area contributed by atoms with Gasteiger partial charge in [0.15, 0.2) is 0 Å². The van der Waals surface area contributed by atoms with E-state index in [1.165, 1.54) is 0 Å². The van der Waals surface area contributed by atoms with E-state index >= 15 is 0 Å². The second-order valence-corrected chi connectivity index (χ2v) is 0. The standard InChI is InChI=1S/H4N2.H3N.Ni/c1-2;;/h1-2H2;1H3;. The van der Waals surface area contributed by atoms with Crippen molar-refractivity contribution in [3.63, 3.8) is 0 Å². The van der Waals surface area contributed by atoms with Gasteiger partial charge in [-0.15, -0.1) is 0 Å². The molecule has 0 amide bonds. The van der Waals surface area contributed by atoms with Crippen molar-refractivity contribution in [2.75, 3.05) is 0 Å². The van der Waals surface area contributed by atoms with Crippen molar-refractivity contribution in [2.24, 2.45) is 11.7 Å². The number of rotatable bonds is 0. The van der Waals surface area contributed by atoms with E-state index in [2.05, 4.69) is 11.7 Å². The minimum Gasteiger partial charge on any atom is -0.344 e. The summed E-state index contributed by atoms with van der Waals surface area (Å²) >= 11 is 0. The van der Waals surface area contributed by atoms with Crippen LogP contribution in [0.5, 0.6) is 0 Å². The fraction of sp³-hybridized carbons (Fsp3) is 0. The van der Waals surface area contributed by atoms with Gasteiger partial charge in [-0.2, -0.15) is 0 Å². The van der Waals surface area contributed by atoms with Gasteiger partial charge in [0.2, 0.25) is 0 Å². The van der Waals surface area contributed by atoms with Crippen molar-refractivity contribution in [1.82, 2.24) is 6.15 Å². The van der Waals surface area contributed by atoms with Gasteiger partial charge in [0.1, 0.15) is 0 Å². The van der Waals surface area contributed by atoms with E-state index in [0.29, 0.717) is 0 Å². The van der Waals surface area contributed by atoms with E-state index < -0.39 is 0 Å². The third kappa shape index (κ3) is 32.1. The number of hydrazine groups is 1. The van der Waals surface area contributed by atoms with Crippen molar-refractivity contribution in [3.8, 4) is 0 Å². The van der Waals surface area contributed by atoms with Crippen molar-refractivity contribution >= 4 is 0 Å². The van der Waals surface area contributed by atoms with Gasteiger partial charge in [-0.25, -0.2) is 0 Å². The van der Waals surface area contributed by atoms with E-state index in [-0.39, 0.29) is 22.6 Å². The van der Waals surface area contributed by atoms with Gasteiger partial charge < -0.3 is 6.15 Å². The molecular weight excluding hydrogens is 101 g/mol. The van der Waals surface area contributed by atoms with E-state index in [1.807, 2.05) is 0 Å². The Morgan fingerprint density at radius 2 is 1.00 bits per heavy atom. The topological polar surface area (TPSA) is 87.0 Å². The average Bonchev–Trinajstić information content (AvgIpc) is 1.00. The second kappa shape index (κ2) is 136. The van der Waals surface area contributed by atoms with Gasteiger partial charge >= 0.3 is 0 Å². The first kappa shape index (κ1) is 26.4. The molecule has 0 aliphatic carbocycles. The molecule has 0 saturated carbocycles. The van der Waals surface area contributed by atoms with Gasteiger partial charge in [0.05, 0.1) is 0 Å². The summed E-state index contributed by atoms with van der Waals surface area (Å²) in [6.45, 7) is 0. The molecule has 4 heteroatoms. The molecule has 4 heavy (non-hydrogen) atoms. The fourth-order valence-electron chi connectivity index (χ4n) is 0. The molecule has 0 saturated heterocycles. The zero-order valence-corrected chi connectivity index (χ0v) is 3.17. The first-order valence-electron chi connectivity index (χ1n) is 0.333. The summed E-state index contributed by atoms with van der Waals surface area (Å²) in [4.78, 5) is 0. The summed E-state index contributed by atoms with van der Waals surface area (Å²) in [7, 11) is 0. The third-order valence-electron chi connectivity index (χ3n) is 0. The smallest absolute Gasteiger partial charge is 0 e. The molecule has 0 aliphatic heterocycles. The predicted molar refractivity (Wildman–Crippen MR) is 13.4 cm³/mol. The normalized spacial score (nSPS) is 1.50. The van der Waals surface area contributed by atoms with Crippen LogP contribution in [0.4, 0.5) is 0 Å². The van der Waals surface area contributed by atoms with Crippen molar-refractivity contribution in [1.29, 1.82) is 0 Å². The van der Waals surface area contributed by atoms with E-state index in [4.69, 9.17) is 0 Å². The van der Waals surface area contributed by atoms with Crippen molar-refractivity contribution < 1.29 is 16.5 Å². The summed E-state index contributed by atoms with van der Waals surface area (Å²) in [6.07, 6.45) is 0. The quantitative estimate of drug-likeness (QED) is 0.210. The molecule has 0 fully saturated rings. The maximum atomic E-state index is 4.00. The van der Waals surface area contributed by atoms with Crippen LogP contribution in [0.3, 0.4) is 0 Å². The molecule has 0 heterocycles. The van der Waals surface area contributed by atoms with E-state index in [9.17, 15) is 0 Å². The van der Waals surface area contributed by atoms with Crippen LogP contribution in [-0.2, 0) is 16.5 Å². The molecule has 0 radical (unpaired) electrons. The van der Waals surface area contributed by atoms with Gasteiger partial charge in [-0.05, 0) is 0 Å². The van der Waals surface area contributed by atoms with Crippen LogP contribution in [0.15, 0.2) is 0 Å². The van der Waals surface area contributed by atoms with Crippen LogP contribution in [0, 0.1) is 0 Å². The molecular formula is H7N3Ni. The average molecular weight is 108 g/mol. The van der Waals surface area contributed by atoms with Crippen LogP contribution in [0.25, 0.3) is 0 Å². The van der Waals surface area contributed by atoms with Crippen LogP contribution >= 0.6 is 0 Å².